The van der Waals surface area contributed by atoms with Gasteiger partial charge in [-0.1, -0.05) is 0 Å². The lowest BCUT2D eigenvalue weighted by molar-refractivity contribution is 0.131. The molecule has 1 aliphatic rings. The summed E-state index contributed by atoms with van der Waals surface area (Å²) in [7, 11) is 2.05. The Morgan fingerprint density at radius 2 is 2.41 bits per heavy atom. The van der Waals surface area contributed by atoms with Crippen LogP contribution in [0.4, 0.5) is 5.13 Å². The molecule has 1 fully saturated rings. The van der Waals surface area contributed by atoms with E-state index >= 15 is 0 Å². The molecule has 5 heteroatoms. The Morgan fingerprint density at radius 3 is 3.00 bits per heavy atom. The summed E-state index contributed by atoms with van der Waals surface area (Å²) in [6.07, 6.45) is 2.69. The molecule has 1 aliphatic carbocycles. The Labute approximate surface area is 107 Å². The highest BCUT2D eigenvalue weighted by molar-refractivity contribution is 7.13. The summed E-state index contributed by atoms with van der Waals surface area (Å²) in [6.45, 7) is 4.55. The first-order chi connectivity index (χ1) is 8.16. The van der Waals surface area contributed by atoms with Crippen LogP contribution in [0.15, 0.2) is 5.38 Å². The van der Waals surface area contributed by atoms with E-state index in [4.69, 9.17) is 10.5 Å². The van der Waals surface area contributed by atoms with Crippen molar-refractivity contribution in [3.05, 3.63) is 11.1 Å². The zero-order valence-electron chi connectivity index (χ0n) is 10.6. The first-order valence-electron chi connectivity index (χ1n) is 6.16. The summed E-state index contributed by atoms with van der Waals surface area (Å²) in [5.41, 5.74) is 6.76. The molecule has 2 N–H and O–H groups in total. The van der Waals surface area contributed by atoms with Crippen LogP contribution < -0.4 is 10.6 Å². The van der Waals surface area contributed by atoms with Crippen LogP contribution in [0.3, 0.4) is 0 Å². The fraction of sp³-hybridized carbons (Fsp3) is 0.750. The van der Waals surface area contributed by atoms with Crippen LogP contribution in [-0.2, 0) is 4.74 Å². The van der Waals surface area contributed by atoms with E-state index in [0.29, 0.717) is 0 Å². The van der Waals surface area contributed by atoms with E-state index in [0.717, 1.165) is 36.5 Å². The quantitative estimate of drug-likeness (QED) is 0.757. The maximum Gasteiger partial charge on any atom is 0.185 e. The van der Waals surface area contributed by atoms with E-state index < -0.39 is 0 Å². The fourth-order valence-corrected chi connectivity index (χ4v) is 2.42. The highest BCUT2D eigenvalue weighted by Gasteiger charge is 2.21. The minimum absolute atomic E-state index is 0.0134. The molecule has 0 aromatic carbocycles. The van der Waals surface area contributed by atoms with E-state index in [9.17, 15) is 0 Å². The SMILES string of the molecule is CC(N)c1csc(N(C)CCOCC2CC2)n1. The minimum Gasteiger partial charge on any atom is -0.379 e. The highest BCUT2D eigenvalue weighted by Crippen LogP contribution is 2.28. The number of anilines is 1. The number of nitrogens with zero attached hydrogens (tertiary/aromatic N) is 2. The Balaban J connectivity index is 1.71. The third kappa shape index (κ3) is 3.94. The zero-order chi connectivity index (χ0) is 12.3. The van der Waals surface area contributed by atoms with Crippen molar-refractivity contribution in [2.75, 3.05) is 31.7 Å². The molecule has 4 nitrogen and oxygen atoms in total. The van der Waals surface area contributed by atoms with E-state index in [1.165, 1.54) is 12.8 Å². The summed E-state index contributed by atoms with van der Waals surface area (Å²) in [5, 5.41) is 3.05. The van der Waals surface area contributed by atoms with Crippen LogP contribution in [0.25, 0.3) is 0 Å². The van der Waals surface area contributed by atoms with Crippen LogP contribution >= 0.6 is 11.3 Å². The Hall–Kier alpha value is -0.650. The topological polar surface area (TPSA) is 51.4 Å². The number of nitrogens with two attached hydrogens (primary N) is 1. The molecule has 0 spiro atoms. The number of rotatable bonds is 7. The predicted octanol–water partition coefficient (Wildman–Crippen LogP) is 2.03. The molecule has 0 radical (unpaired) electrons. The first kappa shape index (κ1) is 12.8. The molecule has 2 rings (SSSR count). The molecule has 1 aromatic rings. The zero-order valence-corrected chi connectivity index (χ0v) is 11.4. The standard InChI is InChI=1S/C12H21N3OS/c1-9(13)11-8-17-12(14-11)15(2)5-6-16-7-10-3-4-10/h8-10H,3-7,13H2,1-2H3. The van der Waals surface area contributed by atoms with Gasteiger partial charge in [-0.2, -0.15) is 0 Å². The van der Waals surface area contributed by atoms with E-state index in [1.54, 1.807) is 11.3 Å². The van der Waals surface area contributed by atoms with Crippen LogP contribution in [0, 0.1) is 5.92 Å². The Kier molecular flexibility index (Phi) is 4.36. The lowest BCUT2D eigenvalue weighted by Gasteiger charge is -2.15. The maximum atomic E-state index is 5.79. The second-order valence-electron chi connectivity index (χ2n) is 4.78. The predicted molar refractivity (Wildman–Crippen MR) is 71.5 cm³/mol. The molecule has 1 atom stereocenters. The van der Waals surface area contributed by atoms with Crippen LogP contribution in [0.1, 0.15) is 31.5 Å². The van der Waals surface area contributed by atoms with Crippen molar-refractivity contribution >= 4 is 16.5 Å². The number of ether oxygens (including phenoxy) is 1. The molecule has 0 bridgehead atoms. The van der Waals surface area contributed by atoms with Gasteiger partial charge in [-0.05, 0) is 25.7 Å². The van der Waals surface area contributed by atoms with Crippen LogP contribution in [-0.4, -0.2) is 31.8 Å². The number of likely N-dealkylation sites (N-methyl/N-ethyl adjacent to an activating group) is 1. The summed E-state index contributed by atoms with van der Waals surface area (Å²) in [6, 6.07) is 0.0134. The number of hydrogen-bond acceptors (Lipinski definition) is 5. The maximum absolute atomic E-state index is 5.79. The summed E-state index contributed by atoms with van der Waals surface area (Å²) >= 11 is 1.64. The summed E-state index contributed by atoms with van der Waals surface area (Å²) in [4.78, 5) is 6.63. The van der Waals surface area contributed by atoms with Gasteiger partial charge in [-0.15, -0.1) is 11.3 Å². The van der Waals surface area contributed by atoms with Gasteiger partial charge in [0.25, 0.3) is 0 Å². The lowest BCUT2D eigenvalue weighted by atomic mass is 10.3. The van der Waals surface area contributed by atoms with Gasteiger partial charge in [0.15, 0.2) is 5.13 Å². The van der Waals surface area contributed by atoms with Crippen molar-refractivity contribution in [3.63, 3.8) is 0 Å². The molecule has 1 saturated carbocycles. The molecule has 1 heterocycles. The van der Waals surface area contributed by atoms with Crippen LogP contribution in [0.5, 0.6) is 0 Å². The Bertz CT molecular complexity index is 349. The normalized spacial score (nSPS) is 17.1. The van der Waals surface area contributed by atoms with E-state index in [-0.39, 0.29) is 6.04 Å². The number of thiazole rings is 1. The van der Waals surface area contributed by atoms with Crippen molar-refractivity contribution in [1.82, 2.24) is 4.98 Å². The Morgan fingerprint density at radius 1 is 1.65 bits per heavy atom. The van der Waals surface area contributed by atoms with Gasteiger partial charge in [-0.25, -0.2) is 4.98 Å². The second-order valence-corrected chi connectivity index (χ2v) is 5.62. The van der Waals surface area contributed by atoms with E-state index in [1.807, 2.05) is 19.4 Å². The van der Waals surface area contributed by atoms with Gasteiger partial charge in [-0.3, -0.25) is 0 Å². The fourth-order valence-electron chi connectivity index (χ4n) is 1.49. The van der Waals surface area contributed by atoms with Gasteiger partial charge in [0.1, 0.15) is 0 Å². The van der Waals surface area contributed by atoms with Gasteiger partial charge in [0, 0.05) is 31.6 Å². The number of hydrogen-bond donors (Lipinski definition) is 1. The van der Waals surface area contributed by atoms with Gasteiger partial charge in [0.05, 0.1) is 12.3 Å². The molecule has 0 saturated heterocycles. The first-order valence-corrected chi connectivity index (χ1v) is 7.04. The smallest absolute Gasteiger partial charge is 0.185 e. The van der Waals surface area contributed by atoms with Crippen molar-refractivity contribution in [3.8, 4) is 0 Å². The average Bonchev–Trinajstić information content (AvgIpc) is 2.97. The third-order valence-electron chi connectivity index (χ3n) is 2.92. The van der Waals surface area contributed by atoms with Crippen molar-refractivity contribution < 1.29 is 4.74 Å². The van der Waals surface area contributed by atoms with Gasteiger partial charge < -0.3 is 15.4 Å². The molecular weight excluding hydrogens is 234 g/mol. The van der Waals surface area contributed by atoms with Crippen molar-refractivity contribution in [2.45, 2.75) is 25.8 Å². The van der Waals surface area contributed by atoms with Gasteiger partial charge >= 0.3 is 0 Å². The van der Waals surface area contributed by atoms with Gasteiger partial charge in [0.2, 0.25) is 0 Å². The molecule has 1 unspecified atom stereocenters. The average molecular weight is 255 g/mol. The number of aromatic nitrogens is 1. The van der Waals surface area contributed by atoms with Crippen molar-refractivity contribution in [1.29, 1.82) is 0 Å². The molecular formula is C12H21N3OS. The van der Waals surface area contributed by atoms with Crippen LogP contribution in [0.2, 0.25) is 0 Å². The highest BCUT2D eigenvalue weighted by atomic mass is 32.1. The summed E-state index contributed by atoms with van der Waals surface area (Å²) < 4.78 is 5.61. The second kappa shape index (κ2) is 5.80. The molecule has 0 amide bonds. The molecule has 1 aromatic heterocycles. The van der Waals surface area contributed by atoms with E-state index in [2.05, 4.69) is 9.88 Å². The molecule has 0 aliphatic heterocycles. The lowest BCUT2D eigenvalue weighted by Crippen LogP contribution is -2.23. The third-order valence-corrected chi connectivity index (χ3v) is 3.90. The monoisotopic (exact) mass is 255 g/mol. The molecule has 96 valence electrons. The molecule has 17 heavy (non-hydrogen) atoms. The minimum atomic E-state index is 0.0134. The largest absolute Gasteiger partial charge is 0.379 e. The summed E-state index contributed by atoms with van der Waals surface area (Å²) in [5.74, 6) is 0.838. The van der Waals surface area contributed by atoms with Crippen molar-refractivity contribution in [2.24, 2.45) is 11.7 Å².